The van der Waals surface area contributed by atoms with E-state index in [9.17, 15) is 9.59 Å². The Hall–Kier alpha value is -1.32. The van der Waals surface area contributed by atoms with Gasteiger partial charge >= 0.3 is 0 Å². The van der Waals surface area contributed by atoms with Gasteiger partial charge in [0.05, 0.1) is 0 Å². The maximum atomic E-state index is 12.2. The predicted octanol–water partition coefficient (Wildman–Crippen LogP) is 0.784. The maximum Gasteiger partial charge on any atom is 0.246 e. The van der Waals surface area contributed by atoms with E-state index in [-0.39, 0.29) is 30.4 Å². The Labute approximate surface area is 95.9 Å². The van der Waals surface area contributed by atoms with E-state index >= 15 is 0 Å². The Morgan fingerprint density at radius 2 is 2.31 bits per heavy atom. The molecule has 0 bridgehead atoms. The first kappa shape index (κ1) is 11.2. The highest BCUT2D eigenvalue weighted by Gasteiger charge is 2.42. The molecule has 2 rings (SSSR count). The lowest BCUT2D eigenvalue weighted by atomic mass is 10.1. The molecule has 4 heteroatoms. The van der Waals surface area contributed by atoms with Crippen LogP contribution in [-0.4, -0.2) is 46.8 Å². The van der Waals surface area contributed by atoms with Gasteiger partial charge in [0.15, 0.2) is 0 Å². The summed E-state index contributed by atoms with van der Waals surface area (Å²) in [4.78, 5) is 27.5. The molecule has 2 saturated heterocycles. The first-order valence-electron chi connectivity index (χ1n) is 5.86. The molecule has 16 heavy (non-hydrogen) atoms. The summed E-state index contributed by atoms with van der Waals surface area (Å²) in [5, 5.41) is 0. The number of nitrogens with zero attached hydrogens (tertiary/aromatic N) is 2. The molecule has 0 aromatic rings. The van der Waals surface area contributed by atoms with Crippen LogP contribution in [0.3, 0.4) is 0 Å². The number of carbonyl (C=O) groups is 2. The molecule has 2 amide bonds. The number of fused-ring (bicyclic) bond motifs is 1. The van der Waals surface area contributed by atoms with E-state index in [1.165, 1.54) is 0 Å². The molecule has 0 saturated carbocycles. The number of carbonyl (C=O) groups excluding carboxylic acids is 2. The number of hydrogen-bond acceptors (Lipinski definition) is 2. The number of amides is 2. The fraction of sp³-hybridized carbons (Fsp3) is 0.667. The quantitative estimate of drug-likeness (QED) is 0.662. The lowest BCUT2D eigenvalue weighted by Gasteiger charge is -2.39. The van der Waals surface area contributed by atoms with E-state index in [1.54, 1.807) is 15.9 Å². The fourth-order valence-corrected chi connectivity index (χ4v) is 2.57. The fourth-order valence-electron chi connectivity index (χ4n) is 2.57. The second-order valence-corrected chi connectivity index (χ2v) is 4.58. The molecule has 2 fully saturated rings. The van der Waals surface area contributed by atoms with Crippen LogP contribution in [0.1, 0.15) is 26.2 Å². The van der Waals surface area contributed by atoms with Gasteiger partial charge in [0.25, 0.3) is 0 Å². The third-order valence-electron chi connectivity index (χ3n) is 3.49. The minimum absolute atomic E-state index is 0.0803. The monoisotopic (exact) mass is 222 g/mol. The Bertz CT molecular complexity index is 327. The van der Waals surface area contributed by atoms with Crippen molar-refractivity contribution in [1.82, 2.24) is 9.80 Å². The van der Waals surface area contributed by atoms with E-state index in [2.05, 4.69) is 6.58 Å². The largest absolute Gasteiger partial charge is 0.329 e. The minimum atomic E-state index is -0.187. The predicted molar refractivity (Wildman–Crippen MR) is 60.7 cm³/mol. The highest BCUT2D eigenvalue weighted by atomic mass is 16.2. The molecule has 4 nitrogen and oxygen atoms in total. The van der Waals surface area contributed by atoms with Gasteiger partial charge in [0, 0.05) is 12.6 Å². The summed E-state index contributed by atoms with van der Waals surface area (Å²) in [7, 11) is 0. The van der Waals surface area contributed by atoms with Gasteiger partial charge in [-0.15, -0.1) is 6.58 Å². The smallest absolute Gasteiger partial charge is 0.246 e. The van der Waals surface area contributed by atoms with Crippen molar-refractivity contribution in [3.8, 4) is 0 Å². The molecule has 2 aliphatic heterocycles. The van der Waals surface area contributed by atoms with Gasteiger partial charge in [-0.3, -0.25) is 9.59 Å². The number of hydrogen-bond donors (Lipinski definition) is 0. The normalized spacial score (nSPS) is 26.9. The van der Waals surface area contributed by atoms with Crippen molar-refractivity contribution < 1.29 is 9.59 Å². The summed E-state index contributed by atoms with van der Waals surface area (Å²) < 4.78 is 0. The van der Waals surface area contributed by atoms with Crippen molar-refractivity contribution in [1.29, 1.82) is 0 Å². The van der Waals surface area contributed by atoms with Crippen molar-refractivity contribution in [2.24, 2.45) is 0 Å². The third-order valence-corrected chi connectivity index (χ3v) is 3.49. The van der Waals surface area contributed by atoms with Crippen LogP contribution in [0.25, 0.3) is 0 Å². The molecule has 2 unspecified atom stereocenters. The van der Waals surface area contributed by atoms with Crippen molar-refractivity contribution in [3.63, 3.8) is 0 Å². The Morgan fingerprint density at radius 1 is 1.56 bits per heavy atom. The SMILES string of the molecule is C=CCC(C)N1CC(=O)N2CCCC2C1=O. The first-order valence-corrected chi connectivity index (χ1v) is 5.86. The molecule has 0 aromatic carbocycles. The van der Waals surface area contributed by atoms with Gasteiger partial charge in [-0.2, -0.15) is 0 Å². The molecule has 2 atom stereocenters. The van der Waals surface area contributed by atoms with Gasteiger partial charge in [-0.25, -0.2) is 0 Å². The van der Waals surface area contributed by atoms with Crippen LogP contribution in [0.15, 0.2) is 12.7 Å². The summed E-state index contributed by atoms with van der Waals surface area (Å²) >= 11 is 0. The summed E-state index contributed by atoms with van der Waals surface area (Å²) in [5.74, 6) is 0.212. The maximum absolute atomic E-state index is 12.2. The van der Waals surface area contributed by atoms with E-state index in [0.29, 0.717) is 0 Å². The second kappa shape index (κ2) is 4.28. The Kier molecular flexibility index (Phi) is 2.99. The zero-order valence-corrected chi connectivity index (χ0v) is 9.69. The molecule has 0 aliphatic carbocycles. The standard InChI is InChI=1S/C12H18N2O2/c1-3-5-9(2)14-8-11(15)13-7-4-6-10(13)12(14)16/h3,9-10H,1,4-8H2,2H3. The zero-order chi connectivity index (χ0) is 11.7. The molecule has 2 heterocycles. The third kappa shape index (κ3) is 1.72. The Balaban J connectivity index is 2.13. The summed E-state index contributed by atoms with van der Waals surface area (Å²) in [5.41, 5.74) is 0. The molecule has 2 aliphatic rings. The van der Waals surface area contributed by atoms with Gasteiger partial charge in [0.2, 0.25) is 11.8 Å². The zero-order valence-electron chi connectivity index (χ0n) is 9.69. The lowest BCUT2D eigenvalue weighted by molar-refractivity contribution is -0.155. The number of rotatable bonds is 3. The van der Waals surface area contributed by atoms with E-state index in [0.717, 1.165) is 25.8 Å². The van der Waals surface area contributed by atoms with Gasteiger partial charge in [-0.1, -0.05) is 6.08 Å². The lowest BCUT2D eigenvalue weighted by Crippen LogP contribution is -2.59. The topological polar surface area (TPSA) is 40.6 Å². The molecule has 0 spiro atoms. The first-order chi connectivity index (χ1) is 7.65. The summed E-state index contributed by atoms with van der Waals surface area (Å²) in [6, 6.07) is -0.106. The van der Waals surface area contributed by atoms with Gasteiger partial charge in [0.1, 0.15) is 12.6 Å². The Morgan fingerprint density at radius 3 is 3.00 bits per heavy atom. The van der Waals surface area contributed by atoms with Crippen LogP contribution in [0, 0.1) is 0 Å². The molecule has 0 aromatic heterocycles. The van der Waals surface area contributed by atoms with Crippen LogP contribution in [0.5, 0.6) is 0 Å². The van der Waals surface area contributed by atoms with Crippen LogP contribution in [-0.2, 0) is 9.59 Å². The summed E-state index contributed by atoms with van der Waals surface area (Å²) in [6.45, 7) is 6.63. The van der Waals surface area contributed by atoms with Gasteiger partial charge < -0.3 is 9.80 Å². The number of piperazine rings is 1. The molecular weight excluding hydrogens is 204 g/mol. The second-order valence-electron chi connectivity index (χ2n) is 4.58. The van der Waals surface area contributed by atoms with E-state index < -0.39 is 0 Å². The summed E-state index contributed by atoms with van der Waals surface area (Å²) in [6.07, 6.45) is 4.31. The molecule has 88 valence electrons. The average molecular weight is 222 g/mol. The highest BCUT2D eigenvalue weighted by molar-refractivity contribution is 5.95. The van der Waals surface area contributed by atoms with Crippen molar-refractivity contribution in [2.75, 3.05) is 13.1 Å². The highest BCUT2D eigenvalue weighted by Crippen LogP contribution is 2.25. The van der Waals surface area contributed by atoms with E-state index in [1.807, 2.05) is 6.92 Å². The van der Waals surface area contributed by atoms with E-state index in [4.69, 9.17) is 0 Å². The molecule has 0 radical (unpaired) electrons. The van der Waals surface area contributed by atoms with Crippen molar-refractivity contribution in [3.05, 3.63) is 12.7 Å². The van der Waals surface area contributed by atoms with Crippen LogP contribution in [0.4, 0.5) is 0 Å². The van der Waals surface area contributed by atoms with Crippen molar-refractivity contribution >= 4 is 11.8 Å². The van der Waals surface area contributed by atoms with Crippen LogP contribution >= 0.6 is 0 Å². The average Bonchev–Trinajstić information content (AvgIpc) is 2.73. The van der Waals surface area contributed by atoms with Crippen LogP contribution < -0.4 is 0 Å². The van der Waals surface area contributed by atoms with Crippen LogP contribution in [0.2, 0.25) is 0 Å². The molecule has 0 N–H and O–H groups in total. The van der Waals surface area contributed by atoms with Gasteiger partial charge in [-0.05, 0) is 26.2 Å². The minimum Gasteiger partial charge on any atom is -0.329 e. The molecular formula is C12H18N2O2. The van der Waals surface area contributed by atoms with Crippen molar-refractivity contribution in [2.45, 2.75) is 38.3 Å².